The molecule has 0 amide bonds. The van der Waals surface area contributed by atoms with Gasteiger partial charge >= 0.3 is 5.97 Å². The molecule has 0 aliphatic heterocycles. The SMILES string of the molecule is CCCCCCCCCCCCCCCCCCN(CCO)CCCCC(=O)O. The van der Waals surface area contributed by atoms with E-state index >= 15 is 0 Å². The molecular formula is C25H51NO3. The van der Waals surface area contributed by atoms with Crippen molar-refractivity contribution in [2.24, 2.45) is 0 Å². The van der Waals surface area contributed by atoms with Gasteiger partial charge in [0.15, 0.2) is 0 Å². The predicted molar refractivity (Wildman–Crippen MR) is 125 cm³/mol. The van der Waals surface area contributed by atoms with E-state index in [4.69, 9.17) is 5.11 Å². The van der Waals surface area contributed by atoms with Gasteiger partial charge in [-0.05, 0) is 32.4 Å². The largest absolute Gasteiger partial charge is 0.481 e. The lowest BCUT2D eigenvalue weighted by atomic mass is 10.0. The Bertz CT molecular complexity index is 336. The first-order valence-electron chi connectivity index (χ1n) is 12.8. The molecule has 0 spiro atoms. The second-order valence-electron chi connectivity index (χ2n) is 8.72. The predicted octanol–water partition coefficient (Wildman–Crippen LogP) is 6.80. The molecule has 0 aromatic rings. The zero-order chi connectivity index (χ0) is 21.4. The number of nitrogens with zero attached hydrogens (tertiary/aromatic N) is 1. The van der Waals surface area contributed by atoms with Gasteiger partial charge in [-0.15, -0.1) is 0 Å². The van der Waals surface area contributed by atoms with Crippen LogP contribution in [0.4, 0.5) is 0 Å². The lowest BCUT2D eigenvalue weighted by Gasteiger charge is -2.21. The van der Waals surface area contributed by atoms with E-state index in [1.54, 1.807) is 0 Å². The van der Waals surface area contributed by atoms with Gasteiger partial charge in [0.2, 0.25) is 0 Å². The van der Waals surface area contributed by atoms with Crippen LogP contribution in [-0.2, 0) is 4.79 Å². The number of hydrogen-bond acceptors (Lipinski definition) is 3. The monoisotopic (exact) mass is 413 g/mol. The maximum absolute atomic E-state index is 10.6. The highest BCUT2D eigenvalue weighted by Gasteiger charge is 2.05. The molecule has 29 heavy (non-hydrogen) atoms. The van der Waals surface area contributed by atoms with Crippen LogP contribution in [0.25, 0.3) is 0 Å². The number of carboxylic acid groups (broad SMARTS) is 1. The van der Waals surface area contributed by atoms with Crippen LogP contribution in [0.5, 0.6) is 0 Å². The number of hydrogen-bond donors (Lipinski definition) is 2. The molecule has 0 saturated carbocycles. The molecule has 4 heteroatoms. The summed E-state index contributed by atoms with van der Waals surface area (Å²) in [5.74, 6) is -0.712. The molecule has 0 aliphatic rings. The number of carboxylic acids is 1. The van der Waals surface area contributed by atoms with Crippen LogP contribution in [0.2, 0.25) is 0 Å². The number of unbranched alkanes of at least 4 members (excludes halogenated alkanes) is 16. The third-order valence-corrected chi connectivity index (χ3v) is 5.86. The highest BCUT2D eigenvalue weighted by Crippen LogP contribution is 2.14. The quantitative estimate of drug-likeness (QED) is 0.171. The van der Waals surface area contributed by atoms with Crippen molar-refractivity contribution < 1.29 is 15.0 Å². The zero-order valence-corrected chi connectivity index (χ0v) is 19.5. The number of carbonyl (C=O) groups is 1. The van der Waals surface area contributed by atoms with Gasteiger partial charge in [-0.3, -0.25) is 4.79 Å². The average Bonchev–Trinajstić information content (AvgIpc) is 2.70. The maximum atomic E-state index is 10.6. The van der Waals surface area contributed by atoms with Gasteiger partial charge in [-0.1, -0.05) is 103 Å². The molecular weight excluding hydrogens is 362 g/mol. The molecule has 0 aromatic carbocycles. The van der Waals surface area contributed by atoms with Crippen LogP contribution in [-0.4, -0.2) is 47.3 Å². The van der Waals surface area contributed by atoms with E-state index in [1.165, 1.54) is 103 Å². The molecule has 0 saturated heterocycles. The average molecular weight is 414 g/mol. The number of aliphatic carboxylic acids is 1. The Balaban J connectivity index is 3.32. The van der Waals surface area contributed by atoms with Crippen LogP contribution < -0.4 is 0 Å². The molecule has 0 fully saturated rings. The van der Waals surface area contributed by atoms with Crippen molar-refractivity contribution in [2.45, 2.75) is 129 Å². The molecule has 174 valence electrons. The van der Waals surface area contributed by atoms with E-state index in [2.05, 4.69) is 11.8 Å². The molecule has 0 aliphatic carbocycles. The minimum atomic E-state index is -0.712. The van der Waals surface area contributed by atoms with Gasteiger partial charge < -0.3 is 15.1 Å². The van der Waals surface area contributed by atoms with Crippen molar-refractivity contribution in [3.63, 3.8) is 0 Å². The Hall–Kier alpha value is -0.610. The van der Waals surface area contributed by atoms with Crippen molar-refractivity contribution >= 4 is 5.97 Å². The van der Waals surface area contributed by atoms with E-state index in [0.717, 1.165) is 25.9 Å². The fourth-order valence-electron chi connectivity index (χ4n) is 3.97. The zero-order valence-electron chi connectivity index (χ0n) is 19.5. The number of rotatable bonds is 24. The van der Waals surface area contributed by atoms with Crippen LogP contribution in [0.3, 0.4) is 0 Å². The summed E-state index contributed by atoms with van der Waals surface area (Å²) >= 11 is 0. The second-order valence-corrected chi connectivity index (χ2v) is 8.72. The summed E-state index contributed by atoms with van der Waals surface area (Å²) in [4.78, 5) is 12.8. The molecule has 0 atom stereocenters. The first-order valence-corrected chi connectivity index (χ1v) is 12.8. The number of aliphatic hydroxyl groups is 1. The van der Waals surface area contributed by atoms with Crippen LogP contribution in [0, 0.1) is 0 Å². The van der Waals surface area contributed by atoms with Gasteiger partial charge in [-0.25, -0.2) is 0 Å². The Morgan fingerprint density at radius 2 is 0.966 bits per heavy atom. The first kappa shape index (κ1) is 28.4. The van der Waals surface area contributed by atoms with Crippen molar-refractivity contribution in [3.05, 3.63) is 0 Å². The summed E-state index contributed by atoms with van der Waals surface area (Å²) < 4.78 is 0. The minimum absolute atomic E-state index is 0.192. The second kappa shape index (κ2) is 23.7. The van der Waals surface area contributed by atoms with Crippen LogP contribution in [0.15, 0.2) is 0 Å². The van der Waals surface area contributed by atoms with Gasteiger partial charge in [0.05, 0.1) is 6.61 Å². The van der Waals surface area contributed by atoms with E-state index in [0.29, 0.717) is 6.54 Å². The van der Waals surface area contributed by atoms with Crippen molar-refractivity contribution in [3.8, 4) is 0 Å². The Kier molecular flexibility index (Phi) is 23.2. The van der Waals surface area contributed by atoms with Crippen molar-refractivity contribution in [2.75, 3.05) is 26.2 Å². The van der Waals surface area contributed by atoms with Crippen LogP contribution >= 0.6 is 0 Å². The topological polar surface area (TPSA) is 60.8 Å². The molecule has 0 bridgehead atoms. The Labute approximate surface area is 181 Å². The maximum Gasteiger partial charge on any atom is 0.303 e. The third-order valence-electron chi connectivity index (χ3n) is 5.86. The Morgan fingerprint density at radius 3 is 1.34 bits per heavy atom. The van der Waals surface area contributed by atoms with Gasteiger partial charge in [-0.2, -0.15) is 0 Å². The van der Waals surface area contributed by atoms with E-state index in [1.807, 2.05) is 0 Å². The van der Waals surface area contributed by atoms with E-state index in [-0.39, 0.29) is 13.0 Å². The summed E-state index contributed by atoms with van der Waals surface area (Å²) in [6.07, 6.45) is 24.0. The highest BCUT2D eigenvalue weighted by atomic mass is 16.4. The van der Waals surface area contributed by atoms with Gasteiger partial charge in [0, 0.05) is 13.0 Å². The van der Waals surface area contributed by atoms with Crippen LogP contribution in [0.1, 0.15) is 129 Å². The van der Waals surface area contributed by atoms with Gasteiger partial charge in [0.1, 0.15) is 0 Å². The first-order chi connectivity index (χ1) is 14.2. The summed E-state index contributed by atoms with van der Waals surface area (Å²) in [6.45, 7) is 5.13. The lowest BCUT2D eigenvalue weighted by molar-refractivity contribution is -0.137. The van der Waals surface area contributed by atoms with E-state index < -0.39 is 5.97 Å². The molecule has 0 heterocycles. The molecule has 0 unspecified atom stereocenters. The van der Waals surface area contributed by atoms with Crippen molar-refractivity contribution in [1.29, 1.82) is 0 Å². The molecule has 0 aromatic heterocycles. The molecule has 4 nitrogen and oxygen atoms in total. The summed E-state index contributed by atoms with van der Waals surface area (Å²) in [6, 6.07) is 0. The summed E-state index contributed by atoms with van der Waals surface area (Å²) in [7, 11) is 0. The van der Waals surface area contributed by atoms with Gasteiger partial charge in [0.25, 0.3) is 0 Å². The highest BCUT2D eigenvalue weighted by molar-refractivity contribution is 5.66. The smallest absolute Gasteiger partial charge is 0.303 e. The fourth-order valence-corrected chi connectivity index (χ4v) is 3.97. The normalized spacial score (nSPS) is 11.4. The standard InChI is InChI=1S/C25H51NO3/c1-2-3-4-5-6-7-8-9-10-11-12-13-14-15-16-18-21-26(23-24-27)22-19-17-20-25(28)29/h27H,2-24H2,1H3,(H,28,29). The van der Waals surface area contributed by atoms with E-state index in [9.17, 15) is 9.90 Å². The lowest BCUT2D eigenvalue weighted by Crippen LogP contribution is -2.29. The van der Waals surface area contributed by atoms with Crippen molar-refractivity contribution in [1.82, 2.24) is 4.90 Å². The summed E-state index contributed by atoms with van der Waals surface area (Å²) in [5, 5.41) is 17.9. The fraction of sp³-hybridized carbons (Fsp3) is 0.960. The Morgan fingerprint density at radius 1 is 0.586 bits per heavy atom. The minimum Gasteiger partial charge on any atom is -0.481 e. The third kappa shape index (κ3) is 23.5. The molecule has 0 rings (SSSR count). The summed E-state index contributed by atoms with van der Waals surface area (Å²) in [5.41, 5.74) is 0. The molecule has 2 N–H and O–H groups in total. The molecule has 0 radical (unpaired) electrons. The number of aliphatic hydroxyl groups excluding tert-OH is 1.